The third-order valence-corrected chi connectivity index (χ3v) is 2.15. The van der Waals surface area contributed by atoms with Crippen LogP contribution in [-0.4, -0.2) is 48.7 Å². The molecular weight excluding hydrogens is 161 g/mol. The zero-order chi connectivity index (χ0) is 8.97. The quantitative estimate of drug-likeness (QED) is 0.603. The van der Waals surface area contributed by atoms with Crippen molar-refractivity contribution >= 4 is 6.29 Å². The van der Waals surface area contributed by atoms with Crippen LogP contribution in [0.1, 0.15) is 6.42 Å². The van der Waals surface area contributed by atoms with Gasteiger partial charge in [-0.25, -0.2) is 4.39 Å². The van der Waals surface area contributed by atoms with Gasteiger partial charge >= 0.3 is 0 Å². The van der Waals surface area contributed by atoms with E-state index in [1.54, 1.807) is 0 Å². The van der Waals surface area contributed by atoms with Gasteiger partial charge in [0.25, 0.3) is 0 Å². The Hall–Kier alpha value is -0.480. The third kappa shape index (κ3) is 2.53. The Bertz CT molecular complexity index is 154. The summed E-state index contributed by atoms with van der Waals surface area (Å²) in [6, 6.07) is 0. The van der Waals surface area contributed by atoms with Gasteiger partial charge in [0.1, 0.15) is 13.0 Å². The summed E-state index contributed by atoms with van der Waals surface area (Å²) in [5, 5.41) is 8.97. The van der Waals surface area contributed by atoms with Crippen LogP contribution < -0.4 is 0 Å². The minimum atomic E-state index is -0.893. The predicted molar refractivity (Wildman–Crippen MR) is 42.6 cm³/mol. The number of hydrogen-bond acceptors (Lipinski definition) is 3. The average molecular weight is 175 g/mol. The van der Waals surface area contributed by atoms with Gasteiger partial charge in [0.05, 0.1) is 6.10 Å². The SMILES string of the molecule is O=CC1CCN(CC(O)CF)C1. The van der Waals surface area contributed by atoms with Crippen molar-refractivity contribution in [3.8, 4) is 0 Å². The number of likely N-dealkylation sites (tertiary alicyclic amines) is 1. The maximum absolute atomic E-state index is 11.9. The van der Waals surface area contributed by atoms with Gasteiger partial charge in [-0.15, -0.1) is 0 Å². The van der Waals surface area contributed by atoms with Crippen molar-refractivity contribution in [2.75, 3.05) is 26.3 Å². The number of rotatable bonds is 4. The number of halogens is 1. The minimum Gasteiger partial charge on any atom is -0.389 e. The lowest BCUT2D eigenvalue weighted by molar-refractivity contribution is -0.110. The molecule has 2 unspecified atom stereocenters. The van der Waals surface area contributed by atoms with Crippen LogP contribution in [0.25, 0.3) is 0 Å². The van der Waals surface area contributed by atoms with Crippen molar-refractivity contribution in [2.24, 2.45) is 5.92 Å². The first-order valence-electron chi connectivity index (χ1n) is 4.18. The molecule has 1 saturated heterocycles. The number of aliphatic hydroxyl groups excluding tert-OH is 1. The number of carbonyl (C=O) groups excluding carboxylic acids is 1. The summed E-state index contributed by atoms with van der Waals surface area (Å²) in [6.07, 6.45) is 0.875. The fourth-order valence-corrected chi connectivity index (χ4v) is 1.49. The molecule has 0 aromatic rings. The Labute approximate surface area is 71.2 Å². The van der Waals surface area contributed by atoms with Gasteiger partial charge in [-0.1, -0.05) is 0 Å². The molecule has 70 valence electrons. The average Bonchev–Trinajstić information content (AvgIpc) is 2.52. The Kier molecular flexibility index (Phi) is 3.62. The zero-order valence-corrected chi connectivity index (χ0v) is 6.95. The molecule has 0 radical (unpaired) electrons. The molecule has 12 heavy (non-hydrogen) atoms. The van der Waals surface area contributed by atoms with Gasteiger partial charge in [0.15, 0.2) is 0 Å². The molecule has 0 bridgehead atoms. The summed E-state index contributed by atoms with van der Waals surface area (Å²) >= 11 is 0. The Morgan fingerprint density at radius 2 is 2.50 bits per heavy atom. The van der Waals surface area contributed by atoms with Crippen molar-refractivity contribution in [3.05, 3.63) is 0 Å². The number of carbonyl (C=O) groups is 1. The second-order valence-corrected chi connectivity index (χ2v) is 3.25. The Morgan fingerprint density at radius 1 is 1.75 bits per heavy atom. The molecular formula is C8H14FNO2. The third-order valence-electron chi connectivity index (χ3n) is 2.15. The van der Waals surface area contributed by atoms with Crippen molar-refractivity contribution in [2.45, 2.75) is 12.5 Å². The largest absolute Gasteiger partial charge is 0.389 e. The van der Waals surface area contributed by atoms with E-state index in [-0.39, 0.29) is 5.92 Å². The van der Waals surface area contributed by atoms with Crippen LogP contribution >= 0.6 is 0 Å². The second kappa shape index (κ2) is 4.52. The van der Waals surface area contributed by atoms with E-state index >= 15 is 0 Å². The lowest BCUT2D eigenvalue weighted by Gasteiger charge is -2.17. The van der Waals surface area contributed by atoms with E-state index in [1.165, 1.54) is 0 Å². The highest BCUT2D eigenvalue weighted by molar-refractivity contribution is 5.54. The molecule has 1 fully saturated rings. The van der Waals surface area contributed by atoms with Crippen molar-refractivity contribution in [1.29, 1.82) is 0 Å². The van der Waals surface area contributed by atoms with Crippen LogP contribution in [0, 0.1) is 5.92 Å². The van der Waals surface area contributed by atoms with Crippen molar-refractivity contribution in [1.82, 2.24) is 4.90 Å². The molecule has 0 saturated carbocycles. The van der Waals surface area contributed by atoms with E-state index in [2.05, 4.69) is 0 Å². The maximum Gasteiger partial charge on any atom is 0.124 e. The van der Waals surface area contributed by atoms with Crippen LogP contribution in [-0.2, 0) is 4.79 Å². The van der Waals surface area contributed by atoms with Crippen molar-refractivity contribution < 1.29 is 14.3 Å². The molecule has 1 N–H and O–H groups in total. The molecule has 0 aliphatic carbocycles. The molecule has 0 spiro atoms. The van der Waals surface area contributed by atoms with Crippen molar-refractivity contribution in [3.63, 3.8) is 0 Å². The summed E-state index contributed by atoms with van der Waals surface area (Å²) in [5.41, 5.74) is 0. The molecule has 4 heteroatoms. The van der Waals surface area contributed by atoms with E-state index in [4.69, 9.17) is 5.11 Å². The zero-order valence-electron chi connectivity index (χ0n) is 6.95. The number of β-amino-alcohol motifs (C(OH)–C–C–N with tert-alkyl or cyclic N) is 1. The highest BCUT2D eigenvalue weighted by atomic mass is 19.1. The van der Waals surface area contributed by atoms with E-state index in [0.29, 0.717) is 13.1 Å². The molecule has 0 aromatic carbocycles. The molecule has 1 rings (SSSR count). The molecule has 0 amide bonds. The minimum absolute atomic E-state index is 0.0804. The van der Waals surface area contributed by atoms with Gasteiger partial charge in [-0.05, 0) is 13.0 Å². The van der Waals surface area contributed by atoms with E-state index in [0.717, 1.165) is 19.3 Å². The van der Waals surface area contributed by atoms with Crippen LogP contribution in [0.5, 0.6) is 0 Å². The first kappa shape index (κ1) is 9.61. The van der Waals surface area contributed by atoms with Gasteiger partial charge in [0.2, 0.25) is 0 Å². The van der Waals surface area contributed by atoms with Crippen LogP contribution in [0.15, 0.2) is 0 Å². The molecule has 2 atom stereocenters. The van der Waals surface area contributed by atoms with Gasteiger partial charge in [0, 0.05) is 19.0 Å². The molecule has 1 aliphatic heterocycles. The van der Waals surface area contributed by atoms with Gasteiger partial charge in [-0.3, -0.25) is 4.90 Å². The second-order valence-electron chi connectivity index (χ2n) is 3.25. The number of nitrogens with zero attached hydrogens (tertiary/aromatic N) is 1. The number of hydrogen-bond donors (Lipinski definition) is 1. The fraction of sp³-hybridized carbons (Fsp3) is 0.875. The van der Waals surface area contributed by atoms with E-state index in [9.17, 15) is 9.18 Å². The highest BCUT2D eigenvalue weighted by Gasteiger charge is 2.23. The predicted octanol–water partition coefficient (Wildman–Crippen LogP) is -0.162. The fourth-order valence-electron chi connectivity index (χ4n) is 1.49. The van der Waals surface area contributed by atoms with E-state index < -0.39 is 12.8 Å². The normalized spacial score (nSPS) is 27.3. The van der Waals surface area contributed by atoms with Crippen LogP contribution in [0.2, 0.25) is 0 Å². The smallest absolute Gasteiger partial charge is 0.124 e. The van der Waals surface area contributed by atoms with Crippen LogP contribution in [0.3, 0.4) is 0 Å². The first-order valence-corrected chi connectivity index (χ1v) is 4.18. The summed E-state index contributed by atoms with van der Waals surface area (Å²) in [7, 11) is 0. The topological polar surface area (TPSA) is 40.5 Å². The molecule has 0 aromatic heterocycles. The Morgan fingerprint density at radius 3 is 3.00 bits per heavy atom. The van der Waals surface area contributed by atoms with Crippen LogP contribution in [0.4, 0.5) is 4.39 Å². The molecule has 1 aliphatic rings. The van der Waals surface area contributed by atoms with E-state index in [1.807, 2.05) is 4.90 Å². The monoisotopic (exact) mass is 175 g/mol. The summed E-state index contributed by atoms with van der Waals surface area (Å²) in [5.74, 6) is 0.0804. The summed E-state index contributed by atoms with van der Waals surface area (Å²) < 4.78 is 11.9. The molecule has 3 nitrogen and oxygen atoms in total. The first-order chi connectivity index (χ1) is 5.76. The lowest BCUT2D eigenvalue weighted by atomic mass is 10.1. The molecule has 1 heterocycles. The lowest BCUT2D eigenvalue weighted by Crippen LogP contribution is -2.31. The highest BCUT2D eigenvalue weighted by Crippen LogP contribution is 2.13. The number of alkyl halides is 1. The Balaban J connectivity index is 2.23. The van der Waals surface area contributed by atoms with Gasteiger partial charge in [-0.2, -0.15) is 0 Å². The maximum atomic E-state index is 11.9. The summed E-state index contributed by atoms with van der Waals surface area (Å²) in [4.78, 5) is 12.3. The standard InChI is InChI=1S/C8H14FNO2/c9-3-8(12)5-10-2-1-7(4-10)6-11/h6-8,12H,1-5H2. The number of aliphatic hydroxyl groups is 1. The van der Waals surface area contributed by atoms with Gasteiger partial charge < -0.3 is 9.90 Å². The summed E-state index contributed by atoms with van der Waals surface area (Å²) in [6.45, 7) is 1.10. The number of aldehydes is 1.